The van der Waals surface area contributed by atoms with Crippen molar-refractivity contribution < 1.29 is 0 Å². The molecule has 0 amide bonds. The van der Waals surface area contributed by atoms with Gasteiger partial charge in [-0.2, -0.15) is 0 Å². The van der Waals surface area contributed by atoms with E-state index in [1.165, 1.54) is 38.8 Å². The Morgan fingerprint density at radius 1 is 0.422 bits per heavy atom. The van der Waals surface area contributed by atoms with Crippen molar-refractivity contribution in [3.8, 4) is 33.6 Å². The van der Waals surface area contributed by atoms with E-state index >= 15 is 0 Å². The molecule has 9 rings (SSSR count). The fraction of sp³-hybridized carbons (Fsp3) is 0.0233. The molecule has 0 unspecified atom stereocenters. The minimum absolute atomic E-state index is 0.452. The van der Waals surface area contributed by atoms with Crippen molar-refractivity contribution in [2.24, 2.45) is 0 Å². The third kappa shape index (κ3) is 3.82. The van der Waals surface area contributed by atoms with Crippen molar-refractivity contribution in [1.82, 2.24) is 9.97 Å². The molecule has 8 aromatic rings. The summed E-state index contributed by atoms with van der Waals surface area (Å²) >= 11 is 0. The number of nitrogens with zero attached hydrogens (tertiary/aromatic N) is 2. The average Bonchev–Trinajstić information content (AvgIpc) is 3.42. The van der Waals surface area contributed by atoms with E-state index in [1.54, 1.807) is 0 Å². The minimum Gasteiger partial charge on any atom is -0.256 e. The Bertz CT molecular complexity index is 2320. The first-order valence-electron chi connectivity index (χ1n) is 15.4. The van der Waals surface area contributed by atoms with Crippen molar-refractivity contribution in [3.05, 3.63) is 192 Å². The number of hydrogen-bond acceptors (Lipinski definition) is 2. The normalized spacial score (nSPS) is 13.1. The maximum Gasteiger partial charge on any atom is 0.0788 e. The summed E-state index contributed by atoms with van der Waals surface area (Å²) < 4.78 is 0. The van der Waals surface area contributed by atoms with Crippen molar-refractivity contribution in [3.63, 3.8) is 0 Å². The number of pyridine rings is 2. The van der Waals surface area contributed by atoms with E-state index in [2.05, 4.69) is 157 Å². The second-order valence-electron chi connectivity index (χ2n) is 11.7. The summed E-state index contributed by atoms with van der Waals surface area (Å²) in [4.78, 5) is 9.94. The second-order valence-corrected chi connectivity index (χ2v) is 11.7. The summed E-state index contributed by atoms with van der Waals surface area (Å²) in [6.45, 7) is 0. The highest BCUT2D eigenvalue weighted by atomic mass is 14.7. The Morgan fingerprint density at radius 2 is 1.11 bits per heavy atom. The zero-order valence-corrected chi connectivity index (χ0v) is 24.6. The monoisotopic (exact) mass is 572 g/mol. The molecule has 0 atom stereocenters. The van der Waals surface area contributed by atoms with Gasteiger partial charge in [0.15, 0.2) is 0 Å². The van der Waals surface area contributed by atoms with E-state index in [9.17, 15) is 0 Å². The molecule has 0 saturated carbocycles. The van der Waals surface area contributed by atoms with Crippen molar-refractivity contribution >= 4 is 21.7 Å². The summed E-state index contributed by atoms with van der Waals surface area (Å²) in [6, 6.07) is 59.0. The molecular weight excluding hydrogens is 544 g/mol. The second kappa shape index (κ2) is 10.1. The topological polar surface area (TPSA) is 25.8 Å². The van der Waals surface area contributed by atoms with Crippen LogP contribution < -0.4 is 0 Å². The highest BCUT2D eigenvalue weighted by molar-refractivity contribution is 6.13. The van der Waals surface area contributed by atoms with Crippen LogP contribution in [0.25, 0.3) is 55.3 Å². The molecule has 0 aliphatic heterocycles. The number of para-hydroxylation sites is 1. The number of hydrogen-bond donors (Lipinski definition) is 0. The maximum atomic E-state index is 5.32. The molecule has 0 N–H and O–H groups in total. The van der Waals surface area contributed by atoms with Crippen LogP contribution in [0.1, 0.15) is 22.3 Å². The van der Waals surface area contributed by atoms with Crippen LogP contribution in [0, 0.1) is 0 Å². The van der Waals surface area contributed by atoms with Gasteiger partial charge >= 0.3 is 0 Å². The SMILES string of the molecule is c1ccc(C2(c3ccccc3)c3ccccc3-c3cc4c(-c5cccc(-c6ccccn6)c5)nc5ccccc5c4cc32)cc1. The van der Waals surface area contributed by atoms with Crippen molar-refractivity contribution in [2.45, 2.75) is 5.41 Å². The van der Waals surface area contributed by atoms with Gasteiger partial charge in [0, 0.05) is 28.1 Å². The van der Waals surface area contributed by atoms with Gasteiger partial charge in [-0.3, -0.25) is 4.98 Å². The van der Waals surface area contributed by atoms with Crippen LogP contribution in [0.5, 0.6) is 0 Å². The molecule has 45 heavy (non-hydrogen) atoms. The standard InChI is InChI=1S/C43H28N2/c1-3-16-31(17-4-1)43(32-18-5-2-6-19-32)38-22-9-7-20-33(38)36-27-37-35(28-39(36)43)34-21-8-10-24-41(34)45-42(37)30-15-13-14-29(26-30)40-23-11-12-25-44-40/h1-28H. The Balaban J connectivity index is 1.41. The molecule has 0 fully saturated rings. The van der Waals surface area contributed by atoms with Gasteiger partial charge in [-0.1, -0.05) is 127 Å². The van der Waals surface area contributed by atoms with Crippen LogP contribution in [-0.4, -0.2) is 9.97 Å². The summed E-state index contributed by atoms with van der Waals surface area (Å²) in [7, 11) is 0. The summed E-state index contributed by atoms with van der Waals surface area (Å²) in [5.41, 5.74) is 12.3. The van der Waals surface area contributed by atoms with E-state index in [0.29, 0.717) is 0 Å². The predicted molar refractivity (Wildman–Crippen MR) is 185 cm³/mol. The van der Waals surface area contributed by atoms with Gasteiger partial charge in [0.25, 0.3) is 0 Å². The number of fused-ring (bicyclic) bond motifs is 6. The Hall–Kier alpha value is -5.86. The van der Waals surface area contributed by atoms with Crippen LogP contribution in [0.3, 0.4) is 0 Å². The largest absolute Gasteiger partial charge is 0.256 e. The van der Waals surface area contributed by atoms with Crippen LogP contribution in [0.2, 0.25) is 0 Å². The lowest BCUT2D eigenvalue weighted by atomic mass is 9.67. The van der Waals surface area contributed by atoms with Gasteiger partial charge in [-0.25, -0.2) is 4.98 Å². The van der Waals surface area contributed by atoms with Gasteiger partial charge in [0.1, 0.15) is 0 Å². The lowest BCUT2D eigenvalue weighted by molar-refractivity contribution is 0.769. The Labute approximate surface area is 262 Å². The molecule has 2 heterocycles. The van der Waals surface area contributed by atoms with Gasteiger partial charge < -0.3 is 0 Å². The zero-order chi connectivity index (χ0) is 29.8. The Kier molecular flexibility index (Phi) is 5.76. The van der Waals surface area contributed by atoms with Crippen LogP contribution in [0.4, 0.5) is 0 Å². The first-order chi connectivity index (χ1) is 22.3. The number of benzene rings is 6. The van der Waals surface area contributed by atoms with Crippen LogP contribution in [0.15, 0.2) is 170 Å². The molecule has 2 nitrogen and oxygen atoms in total. The van der Waals surface area contributed by atoms with E-state index in [-0.39, 0.29) is 0 Å². The maximum absolute atomic E-state index is 5.32. The highest BCUT2D eigenvalue weighted by Gasteiger charge is 2.46. The number of aromatic nitrogens is 2. The summed E-state index contributed by atoms with van der Waals surface area (Å²) in [6.07, 6.45) is 1.85. The molecule has 0 radical (unpaired) electrons. The molecule has 1 aliphatic rings. The van der Waals surface area contributed by atoms with Crippen molar-refractivity contribution in [2.75, 3.05) is 0 Å². The molecule has 0 saturated heterocycles. The van der Waals surface area contributed by atoms with Crippen LogP contribution >= 0.6 is 0 Å². The molecule has 2 aromatic heterocycles. The first-order valence-corrected chi connectivity index (χ1v) is 15.4. The Morgan fingerprint density at radius 3 is 1.89 bits per heavy atom. The quantitative estimate of drug-likeness (QED) is 0.196. The van der Waals surface area contributed by atoms with Crippen molar-refractivity contribution in [1.29, 1.82) is 0 Å². The highest BCUT2D eigenvalue weighted by Crippen LogP contribution is 2.57. The fourth-order valence-electron chi connectivity index (χ4n) is 7.47. The molecule has 1 aliphatic carbocycles. The van der Waals surface area contributed by atoms with E-state index < -0.39 is 5.41 Å². The van der Waals surface area contributed by atoms with E-state index in [4.69, 9.17) is 4.98 Å². The molecule has 210 valence electrons. The third-order valence-electron chi connectivity index (χ3n) is 9.37. The molecule has 6 aromatic carbocycles. The lowest BCUT2D eigenvalue weighted by Gasteiger charge is -2.34. The van der Waals surface area contributed by atoms with E-state index in [1.807, 2.05) is 18.3 Å². The lowest BCUT2D eigenvalue weighted by Crippen LogP contribution is -2.28. The molecule has 0 bridgehead atoms. The number of rotatable bonds is 4. The van der Waals surface area contributed by atoms with E-state index in [0.717, 1.165) is 38.8 Å². The zero-order valence-electron chi connectivity index (χ0n) is 24.6. The van der Waals surface area contributed by atoms with Gasteiger partial charge in [-0.05, 0) is 75.2 Å². The summed E-state index contributed by atoms with van der Waals surface area (Å²) in [5, 5.41) is 3.52. The third-order valence-corrected chi connectivity index (χ3v) is 9.37. The van der Waals surface area contributed by atoms with Crippen LogP contribution in [-0.2, 0) is 5.41 Å². The first kappa shape index (κ1) is 25.6. The smallest absolute Gasteiger partial charge is 0.0788 e. The summed E-state index contributed by atoms with van der Waals surface area (Å²) in [5.74, 6) is 0. The minimum atomic E-state index is -0.452. The molecule has 2 heteroatoms. The van der Waals surface area contributed by atoms with Gasteiger partial charge in [0.2, 0.25) is 0 Å². The van der Waals surface area contributed by atoms with Gasteiger partial charge in [-0.15, -0.1) is 0 Å². The van der Waals surface area contributed by atoms with Gasteiger partial charge in [0.05, 0.1) is 22.3 Å². The average molecular weight is 573 g/mol. The fourth-order valence-corrected chi connectivity index (χ4v) is 7.47. The predicted octanol–water partition coefficient (Wildman–Crippen LogP) is 10.5. The molecule has 0 spiro atoms. The molecular formula is C43H28N2.